The second-order valence-electron chi connectivity index (χ2n) is 4.60. The molecule has 3 nitrogen and oxygen atoms in total. The fourth-order valence-corrected chi connectivity index (χ4v) is 2.67. The predicted octanol–water partition coefficient (Wildman–Crippen LogP) is 3.19. The van der Waals surface area contributed by atoms with Crippen molar-refractivity contribution in [2.75, 3.05) is 13.1 Å². The Bertz CT molecular complexity index is 456. The van der Waals surface area contributed by atoms with E-state index in [1.807, 2.05) is 30.9 Å². The number of morpholine rings is 1. The zero-order chi connectivity index (χ0) is 13.3. The minimum atomic E-state index is 0.0234. The highest BCUT2D eigenvalue weighted by Gasteiger charge is 2.26. The molecular weight excluding hydrogens is 365 g/mol. The number of carbonyl (C=O) groups is 1. The minimum Gasteiger partial charge on any atom is -0.372 e. The van der Waals surface area contributed by atoms with Gasteiger partial charge in [-0.25, -0.2) is 0 Å². The van der Waals surface area contributed by atoms with E-state index in [9.17, 15) is 4.79 Å². The number of hydrogen-bond donors (Lipinski definition) is 0. The molecule has 0 aromatic heterocycles. The largest absolute Gasteiger partial charge is 0.372 e. The zero-order valence-corrected chi connectivity index (χ0v) is 13.2. The van der Waals surface area contributed by atoms with Gasteiger partial charge in [-0.05, 0) is 54.6 Å². The summed E-state index contributed by atoms with van der Waals surface area (Å²) in [4.78, 5) is 14.2. The monoisotopic (exact) mass is 379 g/mol. The Morgan fingerprint density at radius 1 is 1.39 bits per heavy atom. The maximum atomic E-state index is 12.4. The third-order valence-electron chi connectivity index (χ3n) is 2.87. The Kier molecular flexibility index (Phi) is 4.50. The lowest BCUT2D eigenvalue weighted by molar-refractivity contribution is -0.0586. The van der Waals surface area contributed by atoms with Gasteiger partial charge in [0.2, 0.25) is 0 Å². The Labute approximate surface area is 126 Å². The Morgan fingerprint density at radius 2 is 2.00 bits per heavy atom. The SMILES string of the molecule is CC1CN(C(=O)c2ccc(I)c(Cl)c2)CC(C)O1. The molecule has 1 fully saturated rings. The van der Waals surface area contributed by atoms with Crippen LogP contribution in [0.3, 0.4) is 0 Å². The van der Waals surface area contributed by atoms with Crippen LogP contribution in [-0.2, 0) is 4.74 Å². The van der Waals surface area contributed by atoms with Crippen LogP contribution >= 0.6 is 34.2 Å². The smallest absolute Gasteiger partial charge is 0.254 e. The highest BCUT2D eigenvalue weighted by atomic mass is 127. The van der Waals surface area contributed by atoms with E-state index in [0.29, 0.717) is 23.7 Å². The molecule has 2 rings (SSSR count). The summed E-state index contributed by atoms with van der Waals surface area (Å²) >= 11 is 8.20. The molecule has 0 radical (unpaired) electrons. The fraction of sp³-hybridized carbons (Fsp3) is 0.462. The maximum Gasteiger partial charge on any atom is 0.254 e. The highest BCUT2D eigenvalue weighted by molar-refractivity contribution is 14.1. The first-order chi connectivity index (χ1) is 8.47. The lowest BCUT2D eigenvalue weighted by Crippen LogP contribution is -2.48. The molecule has 1 aliphatic rings. The summed E-state index contributed by atoms with van der Waals surface area (Å²) in [6.07, 6.45) is 0.161. The van der Waals surface area contributed by atoms with Crippen LogP contribution < -0.4 is 0 Å². The van der Waals surface area contributed by atoms with E-state index in [4.69, 9.17) is 16.3 Å². The number of rotatable bonds is 1. The molecule has 0 N–H and O–H groups in total. The van der Waals surface area contributed by atoms with Crippen molar-refractivity contribution in [1.82, 2.24) is 4.90 Å². The van der Waals surface area contributed by atoms with Crippen LogP contribution in [0.4, 0.5) is 0 Å². The van der Waals surface area contributed by atoms with Gasteiger partial charge in [-0.15, -0.1) is 0 Å². The van der Waals surface area contributed by atoms with Crippen LogP contribution in [0, 0.1) is 3.57 Å². The van der Waals surface area contributed by atoms with Crippen molar-refractivity contribution in [2.24, 2.45) is 0 Å². The topological polar surface area (TPSA) is 29.5 Å². The number of halogens is 2. The molecule has 1 aliphatic heterocycles. The summed E-state index contributed by atoms with van der Waals surface area (Å²) < 4.78 is 6.58. The van der Waals surface area contributed by atoms with Gasteiger partial charge in [-0.2, -0.15) is 0 Å². The normalized spacial score (nSPS) is 24.1. The summed E-state index contributed by atoms with van der Waals surface area (Å²) in [6.45, 7) is 5.23. The molecule has 1 heterocycles. The third kappa shape index (κ3) is 3.16. The summed E-state index contributed by atoms with van der Waals surface area (Å²) in [5.74, 6) is 0.0234. The number of benzene rings is 1. The summed E-state index contributed by atoms with van der Waals surface area (Å²) in [6, 6.07) is 5.42. The maximum absolute atomic E-state index is 12.4. The molecule has 0 aliphatic carbocycles. The van der Waals surface area contributed by atoms with Crippen molar-refractivity contribution in [3.63, 3.8) is 0 Å². The van der Waals surface area contributed by atoms with Gasteiger partial charge in [0.05, 0.1) is 17.2 Å². The lowest BCUT2D eigenvalue weighted by Gasteiger charge is -2.35. The van der Waals surface area contributed by atoms with Crippen molar-refractivity contribution in [3.05, 3.63) is 32.4 Å². The number of nitrogens with zero attached hydrogens (tertiary/aromatic N) is 1. The first-order valence-electron chi connectivity index (χ1n) is 5.87. The van der Waals surface area contributed by atoms with Crippen LogP contribution in [0.5, 0.6) is 0 Å². The van der Waals surface area contributed by atoms with Gasteiger partial charge in [0, 0.05) is 22.2 Å². The predicted molar refractivity (Wildman–Crippen MR) is 80.1 cm³/mol. The van der Waals surface area contributed by atoms with Gasteiger partial charge in [-0.1, -0.05) is 11.6 Å². The molecule has 1 aromatic carbocycles. The molecule has 1 saturated heterocycles. The van der Waals surface area contributed by atoms with Gasteiger partial charge >= 0.3 is 0 Å². The van der Waals surface area contributed by atoms with Crippen molar-refractivity contribution >= 4 is 40.1 Å². The van der Waals surface area contributed by atoms with Crippen molar-refractivity contribution in [1.29, 1.82) is 0 Å². The van der Waals surface area contributed by atoms with E-state index in [-0.39, 0.29) is 18.1 Å². The van der Waals surface area contributed by atoms with Gasteiger partial charge in [0.25, 0.3) is 5.91 Å². The van der Waals surface area contributed by atoms with Crippen LogP contribution in [-0.4, -0.2) is 36.1 Å². The van der Waals surface area contributed by atoms with Crippen LogP contribution in [0.2, 0.25) is 5.02 Å². The summed E-state index contributed by atoms with van der Waals surface area (Å²) in [7, 11) is 0. The molecule has 0 spiro atoms. The van der Waals surface area contributed by atoms with Gasteiger partial charge in [-0.3, -0.25) is 4.79 Å². The highest BCUT2D eigenvalue weighted by Crippen LogP contribution is 2.21. The van der Waals surface area contributed by atoms with Crippen LogP contribution in [0.25, 0.3) is 0 Å². The van der Waals surface area contributed by atoms with Crippen LogP contribution in [0.15, 0.2) is 18.2 Å². The minimum absolute atomic E-state index is 0.0234. The van der Waals surface area contributed by atoms with E-state index in [2.05, 4.69) is 22.6 Å². The molecule has 1 aromatic rings. The van der Waals surface area contributed by atoms with Gasteiger partial charge in [0.15, 0.2) is 0 Å². The summed E-state index contributed by atoms with van der Waals surface area (Å²) in [5.41, 5.74) is 0.640. The molecular formula is C13H15ClINO2. The average Bonchev–Trinajstić information content (AvgIpc) is 2.30. The van der Waals surface area contributed by atoms with Gasteiger partial charge < -0.3 is 9.64 Å². The van der Waals surface area contributed by atoms with E-state index >= 15 is 0 Å². The third-order valence-corrected chi connectivity index (χ3v) is 4.45. The molecule has 2 atom stereocenters. The van der Waals surface area contributed by atoms with Crippen molar-refractivity contribution in [2.45, 2.75) is 26.1 Å². The lowest BCUT2D eigenvalue weighted by atomic mass is 10.1. The second-order valence-corrected chi connectivity index (χ2v) is 6.17. The Morgan fingerprint density at radius 3 is 2.56 bits per heavy atom. The van der Waals surface area contributed by atoms with E-state index < -0.39 is 0 Å². The molecule has 5 heteroatoms. The second kappa shape index (κ2) is 5.75. The van der Waals surface area contributed by atoms with E-state index in [1.54, 1.807) is 6.07 Å². The van der Waals surface area contributed by atoms with Gasteiger partial charge in [0.1, 0.15) is 0 Å². The fourth-order valence-electron chi connectivity index (χ4n) is 2.16. The zero-order valence-electron chi connectivity index (χ0n) is 10.3. The van der Waals surface area contributed by atoms with Crippen LogP contribution in [0.1, 0.15) is 24.2 Å². The molecule has 0 saturated carbocycles. The van der Waals surface area contributed by atoms with Crippen molar-refractivity contribution in [3.8, 4) is 0 Å². The first-order valence-corrected chi connectivity index (χ1v) is 7.33. The standard InChI is InChI=1S/C13H15ClINO2/c1-8-6-16(7-9(2)18-8)13(17)10-3-4-12(15)11(14)5-10/h3-5,8-9H,6-7H2,1-2H3. The first kappa shape index (κ1) is 14.1. The molecule has 0 bridgehead atoms. The van der Waals surface area contributed by atoms with E-state index in [1.165, 1.54) is 0 Å². The molecule has 98 valence electrons. The number of amides is 1. The Hall–Kier alpha value is -0.330. The quantitative estimate of drug-likeness (QED) is 0.701. The number of ether oxygens (including phenoxy) is 1. The molecule has 18 heavy (non-hydrogen) atoms. The van der Waals surface area contributed by atoms with E-state index in [0.717, 1.165) is 3.57 Å². The average molecular weight is 380 g/mol. The number of hydrogen-bond acceptors (Lipinski definition) is 2. The molecule has 1 amide bonds. The van der Waals surface area contributed by atoms with Crippen molar-refractivity contribution < 1.29 is 9.53 Å². The summed E-state index contributed by atoms with van der Waals surface area (Å²) in [5, 5.41) is 0.621. The number of carbonyl (C=O) groups excluding carboxylic acids is 1. The Balaban J connectivity index is 2.17. The molecule has 2 unspecified atom stereocenters.